The Bertz CT molecular complexity index is 653. The van der Waals surface area contributed by atoms with Gasteiger partial charge in [-0.25, -0.2) is 0 Å². The molecule has 1 atom stereocenters. The fraction of sp³-hybridized carbons (Fsp3) is 0.353. The molecule has 1 fully saturated rings. The van der Waals surface area contributed by atoms with Gasteiger partial charge in [-0.15, -0.1) is 0 Å². The molecule has 3 rings (SSSR count). The van der Waals surface area contributed by atoms with E-state index in [1.807, 2.05) is 42.5 Å². The third-order valence-electron chi connectivity index (χ3n) is 4.22. The minimum atomic E-state index is -0.763. The summed E-state index contributed by atoms with van der Waals surface area (Å²) in [5.74, 6) is 0. The van der Waals surface area contributed by atoms with Gasteiger partial charge in [0, 0.05) is 13.2 Å². The molecule has 2 aromatic carbocycles. The molecule has 1 aliphatic rings. The van der Waals surface area contributed by atoms with Crippen molar-refractivity contribution in [2.24, 2.45) is 5.41 Å². The van der Waals surface area contributed by atoms with Crippen molar-refractivity contribution in [1.29, 1.82) is 5.26 Å². The van der Waals surface area contributed by atoms with E-state index in [0.717, 1.165) is 16.3 Å². The van der Waals surface area contributed by atoms with Crippen LogP contribution in [0.3, 0.4) is 0 Å². The van der Waals surface area contributed by atoms with Crippen LogP contribution in [0, 0.1) is 16.7 Å². The second kappa shape index (κ2) is 5.24. The lowest BCUT2D eigenvalue weighted by molar-refractivity contribution is -0.0309. The molecule has 3 heteroatoms. The minimum absolute atomic E-state index is 0.540. The van der Waals surface area contributed by atoms with Crippen LogP contribution in [0.25, 0.3) is 10.8 Å². The highest BCUT2D eigenvalue weighted by atomic mass is 16.5. The van der Waals surface area contributed by atoms with Gasteiger partial charge in [0.05, 0.1) is 17.6 Å². The lowest BCUT2D eigenvalue weighted by Gasteiger charge is -2.35. The van der Waals surface area contributed by atoms with Crippen molar-refractivity contribution in [2.75, 3.05) is 13.2 Å². The first-order valence-electron chi connectivity index (χ1n) is 6.91. The summed E-state index contributed by atoms with van der Waals surface area (Å²) in [7, 11) is 0. The molecule has 0 aromatic heterocycles. The normalized spacial score (nSPS) is 19.4. The molecule has 20 heavy (non-hydrogen) atoms. The van der Waals surface area contributed by atoms with Crippen LogP contribution in [-0.4, -0.2) is 18.3 Å². The van der Waals surface area contributed by atoms with Crippen LogP contribution < -0.4 is 0 Å². The van der Waals surface area contributed by atoms with Crippen molar-refractivity contribution in [3.63, 3.8) is 0 Å². The zero-order valence-corrected chi connectivity index (χ0v) is 11.2. The van der Waals surface area contributed by atoms with Gasteiger partial charge in [0.15, 0.2) is 0 Å². The maximum Gasteiger partial charge on any atom is 0.0978 e. The SMILES string of the molecule is N#CC1(C(O)c2ccc3ccccc3c2)CCOCC1. The van der Waals surface area contributed by atoms with Gasteiger partial charge in [-0.1, -0.05) is 36.4 Å². The number of aliphatic hydroxyl groups excluding tert-OH is 1. The fourth-order valence-electron chi connectivity index (χ4n) is 2.88. The number of fused-ring (bicyclic) bond motifs is 1. The first-order chi connectivity index (χ1) is 9.75. The molecule has 0 spiro atoms. The van der Waals surface area contributed by atoms with Crippen molar-refractivity contribution in [1.82, 2.24) is 0 Å². The summed E-state index contributed by atoms with van der Waals surface area (Å²) in [5, 5.41) is 22.4. The van der Waals surface area contributed by atoms with Gasteiger partial charge in [0.1, 0.15) is 0 Å². The van der Waals surface area contributed by atoms with Crippen LogP contribution in [0.15, 0.2) is 42.5 Å². The van der Waals surface area contributed by atoms with Crippen molar-refractivity contribution in [3.8, 4) is 6.07 Å². The Balaban J connectivity index is 1.99. The first kappa shape index (κ1) is 13.1. The number of hydrogen-bond acceptors (Lipinski definition) is 3. The molecule has 1 N–H and O–H groups in total. The average Bonchev–Trinajstić information content (AvgIpc) is 2.54. The number of hydrogen-bond donors (Lipinski definition) is 1. The topological polar surface area (TPSA) is 53.2 Å². The second-order valence-corrected chi connectivity index (χ2v) is 5.39. The van der Waals surface area contributed by atoms with E-state index in [1.54, 1.807) is 0 Å². The number of benzene rings is 2. The summed E-state index contributed by atoms with van der Waals surface area (Å²) in [6.45, 7) is 1.08. The van der Waals surface area contributed by atoms with Gasteiger partial charge in [0.2, 0.25) is 0 Å². The molecule has 2 aromatic rings. The number of aliphatic hydroxyl groups is 1. The van der Waals surface area contributed by atoms with Crippen LogP contribution in [-0.2, 0) is 4.74 Å². The highest BCUT2D eigenvalue weighted by Crippen LogP contribution is 2.42. The predicted molar refractivity (Wildman–Crippen MR) is 77.0 cm³/mol. The number of rotatable bonds is 2. The van der Waals surface area contributed by atoms with Gasteiger partial charge in [-0.05, 0) is 35.2 Å². The number of nitriles is 1. The third-order valence-corrected chi connectivity index (χ3v) is 4.22. The molecule has 3 nitrogen and oxygen atoms in total. The lowest BCUT2D eigenvalue weighted by Crippen LogP contribution is -2.34. The van der Waals surface area contributed by atoms with Crippen LogP contribution >= 0.6 is 0 Å². The molecule has 1 unspecified atom stereocenters. The van der Waals surface area contributed by atoms with Crippen molar-refractivity contribution in [3.05, 3.63) is 48.0 Å². The summed E-state index contributed by atoms with van der Waals surface area (Å²) < 4.78 is 5.32. The lowest BCUT2D eigenvalue weighted by atomic mass is 9.74. The van der Waals surface area contributed by atoms with Crippen LogP contribution in [0.2, 0.25) is 0 Å². The molecule has 1 heterocycles. The Kier molecular flexibility index (Phi) is 3.43. The maximum absolute atomic E-state index is 10.7. The quantitative estimate of drug-likeness (QED) is 0.909. The summed E-state index contributed by atoms with van der Waals surface area (Å²) in [4.78, 5) is 0. The van der Waals surface area contributed by atoms with E-state index >= 15 is 0 Å². The van der Waals surface area contributed by atoms with E-state index in [0.29, 0.717) is 26.1 Å². The van der Waals surface area contributed by atoms with Crippen molar-refractivity contribution in [2.45, 2.75) is 18.9 Å². The first-order valence-corrected chi connectivity index (χ1v) is 6.91. The molecule has 0 aliphatic carbocycles. The molecule has 0 radical (unpaired) electrons. The van der Waals surface area contributed by atoms with Crippen LogP contribution in [0.4, 0.5) is 0 Å². The molecule has 0 bridgehead atoms. The Hall–Kier alpha value is -1.89. The molecule has 1 aliphatic heterocycles. The number of ether oxygens (including phenoxy) is 1. The summed E-state index contributed by atoms with van der Waals surface area (Å²) in [6, 6.07) is 16.3. The van der Waals surface area contributed by atoms with Gasteiger partial charge in [-0.3, -0.25) is 0 Å². The van der Waals surface area contributed by atoms with E-state index in [9.17, 15) is 10.4 Å². The van der Waals surface area contributed by atoms with Gasteiger partial charge in [0.25, 0.3) is 0 Å². The van der Waals surface area contributed by atoms with E-state index in [4.69, 9.17) is 4.74 Å². The standard InChI is InChI=1S/C17H17NO2/c18-12-17(7-9-20-10-8-17)16(19)15-6-5-13-3-1-2-4-14(13)11-15/h1-6,11,16,19H,7-10H2. The third kappa shape index (κ3) is 2.18. The monoisotopic (exact) mass is 267 g/mol. The van der Waals surface area contributed by atoms with E-state index < -0.39 is 11.5 Å². The Morgan fingerprint density at radius 1 is 1.10 bits per heavy atom. The van der Waals surface area contributed by atoms with E-state index in [1.165, 1.54) is 0 Å². The van der Waals surface area contributed by atoms with Gasteiger partial charge in [-0.2, -0.15) is 5.26 Å². The second-order valence-electron chi connectivity index (χ2n) is 5.39. The Labute approximate surface area is 118 Å². The smallest absolute Gasteiger partial charge is 0.0978 e. The predicted octanol–water partition coefficient (Wildman–Crippen LogP) is 3.19. The molecule has 102 valence electrons. The van der Waals surface area contributed by atoms with Gasteiger partial charge >= 0.3 is 0 Å². The zero-order valence-electron chi connectivity index (χ0n) is 11.2. The highest BCUT2D eigenvalue weighted by molar-refractivity contribution is 5.83. The van der Waals surface area contributed by atoms with E-state index in [-0.39, 0.29) is 0 Å². The van der Waals surface area contributed by atoms with Gasteiger partial charge < -0.3 is 9.84 Å². The maximum atomic E-state index is 10.7. The molecule has 0 amide bonds. The Morgan fingerprint density at radius 3 is 2.50 bits per heavy atom. The zero-order chi connectivity index (χ0) is 14.0. The number of nitrogens with zero attached hydrogens (tertiary/aromatic N) is 1. The summed E-state index contributed by atoms with van der Waals surface area (Å²) in [6.07, 6.45) is 0.399. The molecular weight excluding hydrogens is 250 g/mol. The molecule has 1 saturated heterocycles. The summed E-state index contributed by atoms with van der Waals surface area (Å²) >= 11 is 0. The van der Waals surface area contributed by atoms with E-state index in [2.05, 4.69) is 6.07 Å². The largest absolute Gasteiger partial charge is 0.387 e. The van der Waals surface area contributed by atoms with Crippen LogP contribution in [0.1, 0.15) is 24.5 Å². The highest BCUT2D eigenvalue weighted by Gasteiger charge is 2.40. The summed E-state index contributed by atoms with van der Waals surface area (Å²) in [5.41, 5.74) is 0.0907. The molecular formula is C17H17NO2. The van der Waals surface area contributed by atoms with Crippen molar-refractivity contribution >= 4 is 10.8 Å². The Morgan fingerprint density at radius 2 is 1.80 bits per heavy atom. The minimum Gasteiger partial charge on any atom is -0.387 e. The van der Waals surface area contributed by atoms with Crippen molar-refractivity contribution < 1.29 is 9.84 Å². The molecule has 0 saturated carbocycles. The van der Waals surface area contributed by atoms with Crippen LogP contribution in [0.5, 0.6) is 0 Å². The average molecular weight is 267 g/mol. The fourth-order valence-corrected chi connectivity index (χ4v) is 2.88.